The molecule has 1 unspecified atom stereocenters. The molecule has 9 nitrogen and oxygen atoms in total. The minimum atomic E-state index is -3.80. The summed E-state index contributed by atoms with van der Waals surface area (Å²) >= 11 is 0. The van der Waals surface area contributed by atoms with E-state index >= 15 is 0 Å². The van der Waals surface area contributed by atoms with Gasteiger partial charge in [-0.25, -0.2) is 13.4 Å². The van der Waals surface area contributed by atoms with Crippen molar-refractivity contribution in [3.05, 3.63) is 48.4 Å². The Morgan fingerprint density at radius 3 is 2.53 bits per heavy atom. The van der Waals surface area contributed by atoms with Crippen LogP contribution in [0.25, 0.3) is 0 Å². The molecule has 2 amide bonds. The monoisotopic (exact) mass is 459 g/mol. The Balaban J connectivity index is 1.60. The summed E-state index contributed by atoms with van der Waals surface area (Å²) in [5.74, 6) is -0.155. The van der Waals surface area contributed by atoms with Crippen molar-refractivity contribution in [2.24, 2.45) is 13.0 Å². The number of benzene rings is 1. The van der Waals surface area contributed by atoms with E-state index in [0.29, 0.717) is 13.0 Å². The van der Waals surface area contributed by atoms with Crippen LogP contribution >= 0.6 is 0 Å². The van der Waals surface area contributed by atoms with Gasteiger partial charge in [0, 0.05) is 45.3 Å². The van der Waals surface area contributed by atoms with Gasteiger partial charge in [0.05, 0.1) is 18.8 Å². The van der Waals surface area contributed by atoms with E-state index in [4.69, 9.17) is 0 Å². The first kappa shape index (κ1) is 22.5. The fraction of sp³-hybridized carbons (Fsp3) is 0.500. The van der Waals surface area contributed by atoms with Crippen LogP contribution in [-0.4, -0.2) is 65.2 Å². The minimum absolute atomic E-state index is 0.00255. The zero-order valence-corrected chi connectivity index (χ0v) is 19.0. The summed E-state index contributed by atoms with van der Waals surface area (Å²) in [6.07, 6.45) is 5.26. The average Bonchev–Trinajstić information content (AvgIpc) is 3.54. The van der Waals surface area contributed by atoms with Crippen LogP contribution in [0.1, 0.15) is 37.3 Å². The van der Waals surface area contributed by atoms with E-state index in [1.165, 1.54) is 16.8 Å². The summed E-state index contributed by atoms with van der Waals surface area (Å²) in [6.45, 7) is 0.974. The zero-order chi connectivity index (χ0) is 22.7. The van der Waals surface area contributed by atoms with Gasteiger partial charge in [-0.3, -0.25) is 9.59 Å². The number of imidazole rings is 1. The predicted octanol–water partition coefficient (Wildman–Crippen LogP) is 1.30. The number of carbonyl (C=O) groups excluding carboxylic acids is 2. The fourth-order valence-electron chi connectivity index (χ4n) is 4.06. The highest BCUT2D eigenvalue weighted by atomic mass is 32.2. The van der Waals surface area contributed by atoms with Crippen molar-refractivity contribution in [3.8, 4) is 0 Å². The number of aromatic nitrogens is 2. The molecular weight excluding hydrogens is 430 g/mol. The van der Waals surface area contributed by atoms with Crippen molar-refractivity contribution < 1.29 is 18.0 Å². The van der Waals surface area contributed by atoms with E-state index < -0.39 is 10.0 Å². The fourth-order valence-corrected chi connectivity index (χ4v) is 5.50. The van der Waals surface area contributed by atoms with Gasteiger partial charge in [0.25, 0.3) is 10.0 Å². The first-order valence-corrected chi connectivity index (χ1v) is 12.4. The topological polar surface area (TPSA) is 105 Å². The third-order valence-corrected chi connectivity index (χ3v) is 7.71. The van der Waals surface area contributed by atoms with Crippen molar-refractivity contribution in [2.45, 2.75) is 36.8 Å². The lowest BCUT2D eigenvalue weighted by Gasteiger charge is -2.32. The molecule has 10 heteroatoms. The van der Waals surface area contributed by atoms with Gasteiger partial charge in [-0.05, 0) is 24.8 Å². The van der Waals surface area contributed by atoms with Gasteiger partial charge in [-0.2, -0.15) is 4.31 Å². The molecule has 1 aromatic carbocycles. The van der Waals surface area contributed by atoms with Crippen molar-refractivity contribution in [1.82, 2.24) is 24.1 Å². The molecule has 172 valence electrons. The molecule has 1 saturated carbocycles. The van der Waals surface area contributed by atoms with Crippen molar-refractivity contribution in [3.63, 3.8) is 0 Å². The van der Waals surface area contributed by atoms with Crippen LogP contribution in [0.15, 0.2) is 47.9 Å². The number of hydrogen-bond acceptors (Lipinski definition) is 5. The Morgan fingerprint density at radius 2 is 1.88 bits per heavy atom. The van der Waals surface area contributed by atoms with E-state index in [1.54, 1.807) is 16.5 Å². The van der Waals surface area contributed by atoms with Gasteiger partial charge in [-0.1, -0.05) is 30.3 Å². The highest BCUT2D eigenvalue weighted by Crippen LogP contribution is 2.35. The summed E-state index contributed by atoms with van der Waals surface area (Å²) in [6, 6.07) is 9.20. The minimum Gasteiger partial charge on any atom is -0.355 e. The summed E-state index contributed by atoms with van der Waals surface area (Å²) in [5.41, 5.74) is 0.911. The van der Waals surface area contributed by atoms with Crippen molar-refractivity contribution in [2.75, 3.05) is 26.2 Å². The number of aryl methyl sites for hydroxylation is 1. The molecule has 1 saturated heterocycles. The predicted molar refractivity (Wildman–Crippen MR) is 118 cm³/mol. The van der Waals surface area contributed by atoms with E-state index in [2.05, 4.69) is 10.3 Å². The molecule has 0 bridgehead atoms. The molecule has 4 rings (SSSR count). The lowest BCUT2D eigenvalue weighted by Crippen LogP contribution is -2.39. The van der Waals surface area contributed by atoms with E-state index in [1.807, 2.05) is 30.3 Å². The van der Waals surface area contributed by atoms with Gasteiger partial charge in [0.2, 0.25) is 11.8 Å². The second kappa shape index (κ2) is 9.41. The molecule has 2 aliphatic rings. The Labute approximate surface area is 188 Å². The lowest BCUT2D eigenvalue weighted by atomic mass is 10.0. The maximum atomic E-state index is 13.2. The lowest BCUT2D eigenvalue weighted by molar-refractivity contribution is -0.136. The zero-order valence-electron chi connectivity index (χ0n) is 18.2. The van der Waals surface area contributed by atoms with Crippen LogP contribution in [0.2, 0.25) is 0 Å². The number of sulfonamides is 1. The highest BCUT2D eigenvalue weighted by Gasteiger charge is 2.38. The number of nitrogens with one attached hydrogen (secondary N) is 1. The summed E-state index contributed by atoms with van der Waals surface area (Å²) in [4.78, 5) is 31.7. The molecule has 0 spiro atoms. The molecule has 2 aromatic rings. The SMILES string of the molecule is Cn1cnc(S(=O)(=O)N2CCCN(C(=O)C3CC3)C(c3ccccc3)CC(=O)NCC2)c1. The molecule has 1 aromatic heterocycles. The van der Waals surface area contributed by atoms with E-state index in [-0.39, 0.29) is 54.9 Å². The molecule has 32 heavy (non-hydrogen) atoms. The van der Waals surface area contributed by atoms with Gasteiger partial charge >= 0.3 is 0 Å². The third kappa shape index (κ3) is 5.02. The van der Waals surface area contributed by atoms with Crippen LogP contribution in [0.4, 0.5) is 0 Å². The van der Waals surface area contributed by atoms with Crippen molar-refractivity contribution >= 4 is 21.8 Å². The number of nitrogens with zero attached hydrogens (tertiary/aromatic N) is 4. The standard InChI is InChI=1S/C22H29N5O4S/c1-25-15-21(24-16-25)32(30,31)26-11-5-12-27(22(29)18-8-9-18)19(14-20(28)23-10-13-26)17-6-3-2-4-7-17/h2-4,6-7,15-16,18-19H,5,8-14H2,1H3,(H,23,28). The normalized spacial score (nSPS) is 21.6. The van der Waals surface area contributed by atoms with Gasteiger partial charge < -0.3 is 14.8 Å². The molecule has 1 N–H and O–H groups in total. The van der Waals surface area contributed by atoms with E-state index in [0.717, 1.165) is 18.4 Å². The van der Waals surface area contributed by atoms with Crippen LogP contribution in [-0.2, 0) is 26.7 Å². The first-order chi connectivity index (χ1) is 15.4. The molecule has 2 fully saturated rings. The molecule has 1 aliphatic heterocycles. The van der Waals surface area contributed by atoms with Gasteiger partial charge in [0.15, 0.2) is 5.03 Å². The molecule has 1 aliphatic carbocycles. The average molecular weight is 460 g/mol. The number of hydrogen-bond donors (Lipinski definition) is 1. The Bertz CT molecular complexity index is 1070. The van der Waals surface area contributed by atoms with Gasteiger partial charge in [-0.15, -0.1) is 0 Å². The highest BCUT2D eigenvalue weighted by molar-refractivity contribution is 7.89. The van der Waals surface area contributed by atoms with Crippen LogP contribution < -0.4 is 5.32 Å². The summed E-state index contributed by atoms with van der Waals surface area (Å²) in [7, 11) is -2.09. The van der Waals surface area contributed by atoms with Crippen LogP contribution in [0, 0.1) is 5.92 Å². The van der Waals surface area contributed by atoms with Gasteiger partial charge in [0.1, 0.15) is 0 Å². The number of amides is 2. The summed E-state index contributed by atoms with van der Waals surface area (Å²) in [5, 5.41) is 2.82. The Kier molecular flexibility index (Phi) is 6.61. The van der Waals surface area contributed by atoms with Crippen LogP contribution in [0.5, 0.6) is 0 Å². The maximum absolute atomic E-state index is 13.2. The Morgan fingerprint density at radius 1 is 1.12 bits per heavy atom. The molecule has 2 heterocycles. The molecule has 0 radical (unpaired) electrons. The quantitative estimate of drug-likeness (QED) is 0.742. The maximum Gasteiger partial charge on any atom is 0.262 e. The number of rotatable bonds is 4. The van der Waals surface area contributed by atoms with E-state index in [9.17, 15) is 18.0 Å². The Hall–Kier alpha value is -2.72. The smallest absolute Gasteiger partial charge is 0.262 e. The third-order valence-electron chi connectivity index (χ3n) is 5.92. The molecule has 1 atom stereocenters. The van der Waals surface area contributed by atoms with Crippen molar-refractivity contribution in [1.29, 1.82) is 0 Å². The second-order valence-electron chi connectivity index (χ2n) is 8.42. The second-order valence-corrected chi connectivity index (χ2v) is 10.3. The number of carbonyl (C=O) groups is 2. The molecular formula is C22H29N5O4S. The largest absolute Gasteiger partial charge is 0.355 e. The first-order valence-electron chi connectivity index (χ1n) is 11.0. The van der Waals surface area contributed by atoms with Crippen LogP contribution in [0.3, 0.4) is 0 Å². The summed E-state index contributed by atoms with van der Waals surface area (Å²) < 4.78 is 29.1.